The standard InChI is InChI=1S/C14H13FN5O13P3/c1-2-12(21)11(20-4-6(3-16)7-8(17)18-5-19-9(7)20)30-14(15)10(13(12,14)22)31-35(26,27)33-36(28,29)32-34(23,24)25/h1,4-5,10-11,21-22H,(H,26,27)(H,28,29)(H2,17,18,19)(H2,23,24,25)/t10?,11-,12+,13+,14-/m1/s1. The summed E-state index contributed by atoms with van der Waals surface area (Å²) in [7, 11) is -17.7. The number of aromatic nitrogens is 3. The van der Waals surface area contributed by atoms with Gasteiger partial charge in [0, 0.05) is 6.20 Å². The molecule has 0 bridgehead atoms. The molecule has 0 radical (unpaired) electrons. The lowest BCUT2D eigenvalue weighted by atomic mass is 9.93. The molecule has 4 rings (SSSR count). The third-order valence-corrected chi connectivity index (χ3v) is 9.07. The van der Waals surface area contributed by atoms with E-state index in [9.17, 15) is 39.0 Å². The number of alkyl halides is 1. The van der Waals surface area contributed by atoms with Gasteiger partial charge in [-0.3, -0.25) is 4.52 Å². The van der Waals surface area contributed by atoms with Crippen LogP contribution in [0.25, 0.3) is 11.0 Å². The van der Waals surface area contributed by atoms with Gasteiger partial charge in [0.2, 0.25) is 11.2 Å². The Morgan fingerprint density at radius 3 is 2.39 bits per heavy atom. The molecule has 7 atom stereocenters. The lowest BCUT2D eigenvalue weighted by molar-refractivity contribution is -0.165. The maximum atomic E-state index is 15.6. The molecule has 194 valence electrons. The molecular formula is C14H13FN5O13P3. The number of nitrogens with zero attached hydrogens (tertiary/aromatic N) is 4. The topological polar surface area (TPSA) is 290 Å². The van der Waals surface area contributed by atoms with Gasteiger partial charge in [0.05, 0.1) is 10.9 Å². The Hall–Kier alpha value is -2.31. The Labute approximate surface area is 198 Å². The summed E-state index contributed by atoms with van der Waals surface area (Å²) in [4.78, 5) is 43.6. The monoisotopic (exact) mass is 571 g/mol. The fourth-order valence-corrected chi connectivity index (χ4v) is 7.02. The normalized spacial score (nSPS) is 34.8. The van der Waals surface area contributed by atoms with Gasteiger partial charge in [0.1, 0.15) is 23.9 Å². The second-order valence-corrected chi connectivity index (χ2v) is 11.8. The lowest BCUT2D eigenvalue weighted by Crippen LogP contribution is -2.50. The highest BCUT2D eigenvalue weighted by Crippen LogP contribution is 2.74. The molecule has 3 unspecified atom stereocenters. The minimum absolute atomic E-state index is 0.0340. The predicted octanol–water partition coefficient (Wildman–Crippen LogP) is -1.10. The summed E-state index contributed by atoms with van der Waals surface area (Å²) in [6.45, 7) is 0. The Balaban J connectivity index is 1.68. The van der Waals surface area contributed by atoms with Crippen LogP contribution in [-0.2, 0) is 31.6 Å². The van der Waals surface area contributed by atoms with E-state index in [4.69, 9.17) is 26.7 Å². The molecule has 1 aliphatic carbocycles. The molecule has 2 aliphatic rings. The van der Waals surface area contributed by atoms with Gasteiger partial charge in [-0.2, -0.15) is 13.9 Å². The highest BCUT2D eigenvalue weighted by molar-refractivity contribution is 7.66. The van der Waals surface area contributed by atoms with E-state index in [1.165, 1.54) is 0 Å². The van der Waals surface area contributed by atoms with Crippen LogP contribution in [0.1, 0.15) is 11.8 Å². The molecular weight excluding hydrogens is 558 g/mol. The van der Waals surface area contributed by atoms with Crippen LogP contribution in [-0.4, -0.2) is 67.5 Å². The lowest BCUT2D eigenvalue weighted by Gasteiger charge is -2.31. The molecule has 1 saturated carbocycles. The average molecular weight is 571 g/mol. The summed E-state index contributed by atoms with van der Waals surface area (Å²) in [6, 6.07) is 1.76. The Morgan fingerprint density at radius 1 is 1.19 bits per heavy atom. The number of fused-ring (bicyclic) bond motifs is 2. The summed E-state index contributed by atoms with van der Waals surface area (Å²) in [5.74, 6) is -2.06. The van der Waals surface area contributed by atoms with E-state index in [-0.39, 0.29) is 22.4 Å². The van der Waals surface area contributed by atoms with Crippen LogP contribution < -0.4 is 5.73 Å². The van der Waals surface area contributed by atoms with Crippen molar-refractivity contribution in [2.24, 2.45) is 0 Å². The predicted molar refractivity (Wildman–Crippen MR) is 108 cm³/mol. The number of anilines is 1. The Kier molecular flexibility index (Phi) is 5.83. The van der Waals surface area contributed by atoms with Crippen LogP contribution in [0.3, 0.4) is 0 Å². The number of aliphatic hydroxyl groups is 2. The summed E-state index contributed by atoms with van der Waals surface area (Å²) in [5, 5.41) is 31.2. The van der Waals surface area contributed by atoms with Crippen molar-refractivity contribution in [3.8, 4) is 18.4 Å². The highest BCUT2D eigenvalue weighted by atomic mass is 31.3. The third-order valence-electron chi connectivity index (χ3n) is 5.26. The summed E-state index contributed by atoms with van der Waals surface area (Å²) in [5.41, 5.74) is -1.05. The van der Waals surface area contributed by atoms with Crippen LogP contribution in [0.4, 0.5) is 10.2 Å². The van der Waals surface area contributed by atoms with Crippen molar-refractivity contribution in [1.82, 2.24) is 14.5 Å². The largest absolute Gasteiger partial charge is 0.490 e. The van der Waals surface area contributed by atoms with Crippen molar-refractivity contribution in [1.29, 1.82) is 5.26 Å². The molecule has 2 aromatic rings. The van der Waals surface area contributed by atoms with E-state index in [2.05, 4.69) is 23.1 Å². The molecule has 36 heavy (non-hydrogen) atoms. The van der Waals surface area contributed by atoms with E-state index in [0.717, 1.165) is 17.1 Å². The molecule has 8 N–H and O–H groups in total. The number of rotatable bonds is 7. The highest BCUT2D eigenvalue weighted by Gasteiger charge is 2.97. The van der Waals surface area contributed by atoms with Crippen LogP contribution in [0.15, 0.2) is 12.5 Å². The first kappa shape index (κ1) is 26.7. The van der Waals surface area contributed by atoms with Crippen LogP contribution in [0.5, 0.6) is 0 Å². The van der Waals surface area contributed by atoms with E-state index in [1.807, 2.05) is 0 Å². The SMILES string of the molecule is C#C[C@]1(O)[C@H](n2cc(C#N)c3c(N)ncnc32)O[C@]2(F)C(OP(=O)(O)OP(=O)(O)OP(=O)(O)O)[C@@]21O. The number of phosphoric ester groups is 1. The first-order chi connectivity index (χ1) is 16.4. The number of hydrogen-bond acceptors (Lipinski definition) is 13. The van der Waals surface area contributed by atoms with Crippen molar-refractivity contribution >= 4 is 40.3 Å². The fourth-order valence-electron chi connectivity index (χ4n) is 3.80. The molecule has 1 saturated heterocycles. The number of nitrogens with two attached hydrogens (primary N) is 1. The van der Waals surface area contributed by atoms with Gasteiger partial charge in [0.25, 0.3) is 5.85 Å². The first-order valence-electron chi connectivity index (χ1n) is 8.98. The smallest absolute Gasteiger partial charge is 0.383 e. The minimum atomic E-state index is -5.98. The van der Waals surface area contributed by atoms with Gasteiger partial charge >= 0.3 is 23.5 Å². The van der Waals surface area contributed by atoms with Crippen LogP contribution in [0.2, 0.25) is 0 Å². The molecule has 2 fully saturated rings. The minimum Gasteiger partial charge on any atom is -0.383 e. The number of hydrogen-bond donors (Lipinski definition) is 7. The molecule has 0 amide bonds. The third kappa shape index (κ3) is 3.79. The first-order valence-corrected chi connectivity index (χ1v) is 13.5. The van der Waals surface area contributed by atoms with Crippen molar-refractivity contribution in [2.45, 2.75) is 29.4 Å². The zero-order chi connectivity index (χ0) is 27.1. The zero-order valence-corrected chi connectivity index (χ0v) is 19.7. The molecule has 3 heterocycles. The van der Waals surface area contributed by atoms with E-state index < -0.39 is 52.9 Å². The molecule has 0 spiro atoms. The molecule has 18 nitrogen and oxygen atoms in total. The van der Waals surface area contributed by atoms with Gasteiger partial charge in [-0.15, -0.1) is 6.42 Å². The number of ether oxygens (including phenoxy) is 1. The Bertz CT molecular complexity index is 1520. The summed E-state index contributed by atoms with van der Waals surface area (Å²) < 4.78 is 67.1. The van der Waals surface area contributed by atoms with Gasteiger partial charge in [-0.05, 0) is 0 Å². The number of terminal acetylenes is 1. The quantitative estimate of drug-likeness (QED) is 0.153. The number of nitrogen functional groups attached to an aromatic ring is 1. The number of nitriles is 1. The molecule has 2 aromatic heterocycles. The van der Waals surface area contributed by atoms with E-state index in [1.54, 1.807) is 12.0 Å². The van der Waals surface area contributed by atoms with E-state index in [0.29, 0.717) is 0 Å². The van der Waals surface area contributed by atoms with Crippen molar-refractivity contribution in [2.75, 3.05) is 5.73 Å². The van der Waals surface area contributed by atoms with E-state index >= 15 is 4.39 Å². The van der Waals surface area contributed by atoms with Crippen LogP contribution >= 0.6 is 23.5 Å². The summed E-state index contributed by atoms with van der Waals surface area (Å²) in [6.07, 6.45) is 2.58. The van der Waals surface area contributed by atoms with Crippen molar-refractivity contribution < 1.29 is 65.8 Å². The maximum absolute atomic E-state index is 15.6. The van der Waals surface area contributed by atoms with Gasteiger partial charge < -0.3 is 44.8 Å². The second-order valence-electron chi connectivity index (χ2n) is 7.39. The van der Waals surface area contributed by atoms with Gasteiger partial charge in [-0.25, -0.2) is 28.1 Å². The number of halogens is 1. The maximum Gasteiger partial charge on any atom is 0.490 e. The van der Waals surface area contributed by atoms with Crippen LogP contribution in [0, 0.1) is 23.7 Å². The molecule has 0 aromatic carbocycles. The fraction of sp³-hybridized carbons (Fsp3) is 0.357. The van der Waals surface area contributed by atoms with Gasteiger partial charge in [0.15, 0.2) is 12.3 Å². The van der Waals surface area contributed by atoms with Crippen molar-refractivity contribution in [3.05, 3.63) is 18.1 Å². The average Bonchev–Trinajstić information content (AvgIpc) is 3.00. The summed E-state index contributed by atoms with van der Waals surface area (Å²) >= 11 is 0. The second kappa shape index (κ2) is 7.84. The zero-order valence-electron chi connectivity index (χ0n) is 17.0. The van der Waals surface area contributed by atoms with Gasteiger partial charge in [-0.1, -0.05) is 5.92 Å². The van der Waals surface area contributed by atoms with Crippen molar-refractivity contribution in [3.63, 3.8) is 0 Å². The molecule has 1 aliphatic heterocycles. The number of phosphoric acid groups is 3. The Morgan fingerprint density at radius 2 is 1.83 bits per heavy atom. The molecule has 22 heteroatoms.